The molecule has 0 aromatic rings. The van der Waals surface area contributed by atoms with Gasteiger partial charge < -0.3 is 37.6 Å². The van der Waals surface area contributed by atoms with E-state index >= 15 is 0 Å². The number of nitrogens with two attached hydrogens (primary N) is 2. The van der Waals surface area contributed by atoms with Crippen molar-refractivity contribution in [2.75, 3.05) is 5.75 Å². The number of primary amides is 1. The molecule has 0 saturated carbocycles. The molecule has 0 rings (SSSR count). The summed E-state index contributed by atoms with van der Waals surface area (Å²) in [5.41, 5.74) is 10.7. The monoisotopic (exact) mass is 477 g/mol. The number of carbonyl (C=O) groups excluding carboxylic acids is 4. The zero-order valence-corrected chi connectivity index (χ0v) is 18.8. The van der Waals surface area contributed by atoms with Crippen LogP contribution in [0.5, 0.6) is 0 Å². The number of nitrogens with one attached hydrogen (secondary N) is 3. The maximum atomic E-state index is 12.8. The lowest BCUT2D eigenvalue weighted by Crippen LogP contribution is -2.59. The number of carbonyl (C=O) groups is 6. The first kappa shape index (κ1) is 29.1. The maximum absolute atomic E-state index is 12.8. The summed E-state index contributed by atoms with van der Waals surface area (Å²) in [6.07, 6.45) is -0.870. The van der Waals surface area contributed by atoms with E-state index in [1.165, 1.54) is 0 Å². The van der Waals surface area contributed by atoms with E-state index in [4.69, 9.17) is 21.7 Å². The molecule has 0 aliphatic rings. The lowest BCUT2D eigenvalue weighted by molar-refractivity contribution is -0.147. The lowest BCUT2D eigenvalue weighted by Gasteiger charge is -2.27. The molecule has 0 bridgehead atoms. The predicted octanol–water partition coefficient (Wildman–Crippen LogP) is -2.43. The molecule has 5 unspecified atom stereocenters. The first-order valence-electron chi connectivity index (χ1n) is 9.84. The van der Waals surface area contributed by atoms with Gasteiger partial charge in [0.2, 0.25) is 23.6 Å². The molecule has 182 valence electrons. The van der Waals surface area contributed by atoms with Crippen molar-refractivity contribution in [3.05, 3.63) is 0 Å². The molecule has 4 amide bonds. The molecule has 0 radical (unpaired) electrons. The van der Waals surface area contributed by atoms with Gasteiger partial charge in [-0.3, -0.25) is 24.0 Å². The molecule has 0 spiro atoms. The Balaban J connectivity index is 5.59. The summed E-state index contributed by atoms with van der Waals surface area (Å²) < 4.78 is 0. The molecule has 0 aliphatic heterocycles. The third-order valence-corrected chi connectivity index (χ3v) is 5.03. The van der Waals surface area contributed by atoms with Crippen molar-refractivity contribution in [2.45, 2.75) is 63.7 Å². The number of hydrogen-bond donors (Lipinski definition) is 8. The van der Waals surface area contributed by atoms with Crippen molar-refractivity contribution < 1.29 is 39.0 Å². The fourth-order valence-electron chi connectivity index (χ4n) is 2.51. The van der Waals surface area contributed by atoms with Gasteiger partial charge in [-0.2, -0.15) is 12.6 Å². The standard InChI is InChI=1S/C18H31N5O8S/c1-3-8(2)14(17(29)22-11(18(30)31)6-13(25)26)23-16(28)10(4-5-12(20)24)21-15(27)9(19)7-32/h8-11,14,32H,3-7,19H2,1-2H3,(H2,20,24)(H,21,27)(H,22,29)(H,23,28)(H,25,26)(H,30,31). The van der Waals surface area contributed by atoms with E-state index in [-0.39, 0.29) is 18.6 Å². The van der Waals surface area contributed by atoms with Gasteiger partial charge in [0.25, 0.3) is 0 Å². The molecule has 14 heteroatoms. The molecule has 0 aliphatic carbocycles. The second-order valence-corrected chi connectivity index (χ2v) is 7.59. The van der Waals surface area contributed by atoms with Crippen LogP contribution in [0.2, 0.25) is 0 Å². The number of carboxylic acid groups (broad SMARTS) is 2. The van der Waals surface area contributed by atoms with Crippen LogP contribution < -0.4 is 27.4 Å². The van der Waals surface area contributed by atoms with E-state index in [1.54, 1.807) is 13.8 Å². The summed E-state index contributed by atoms with van der Waals surface area (Å²) in [5.74, 6) is -6.63. The van der Waals surface area contributed by atoms with Gasteiger partial charge in [-0.1, -0.05) is 20.3 Å². The SMILES string of the molecule is CCC(C)C(NC(=O)C(CCC(N)=O)NC(=O)C(N)CS)C(=O)NC(CC(=O)O)C(=O)O. The van der Waals surface area contributed by atoms with Crippen LogP contribution in [0, 0.1) is 5.92 Å². The van der Waals surface area contributed by atoms with Gasteiger partial charge in [-0.15, -0.1) is 0 Å². The Bertz CT molecular complexity index is 719. The van der Waals surface area contributed by atoms with Gasteiger partial charge in [0.05, 0.1) is 12.5 Å². The first-order valence-corrected chi connectivity index (χ1v) is 10.5. The van der Waals surface area contributed by atoms with E-state index in [0.29, 0.717) is 6.42 Å². The topological polar surface area (TPSA) is 231 Å². The van der Waals surface area contributed by atoms with Crippen molar-refractivity contribution in [1.29, 1.82) is 0 Å². The van der Waals surface area contributed by atoms with E-state index in [0.717, 1.165) is 0 Å². The zero-order chi connectivity index (χ0) is 25.0. The van der Waals surface area contributed by atoms with E-state index < -0.39 is 72.1 Å². The molecule has 32 heavy (non-hydrogen) atoms. The Kier molecular flexibility index (Phi) is 13.0. The minimum Gasteiger partial charge on any atom is -0.481 e. The highest BCUT2D eigenvalue weighted by molar-refractivity contribution is 7.80. The number of thiol groups is 1. The second-order valence-electron chi connectivity index (χ2n) is 7.22. The molecule has 5 atom stereocenters. The van der Waals surface area contributed by atoms with Gasteiger partial charge in [0.15, 0.2) is 0 Å². The molecule has 0 fully saturated rings. The van der Waals surface area contributed by atoms with Crippen LogP contribution >= 0.6 is 12.6 Å². The molecular weight excluding hydrogens is 446 g/mol. The number of hydrogen-bond acceptors (Lipinski definition) is 8. The fraction of sp³-hybridized carbons (Fsp3) is 0.667. The minimum atomic E-state index is -1.71. The Morgan fingerprint density at radius 1 is 0.938 bits per heavy atom. The van der Waals surface area contributed by atoms with E-state index in [1.807, 2.05) is 0 Å². The van der Waals surface area contributed by atoms with Gasteiger partial charge in [0, 0.05) is 12.2 Å². The Hall–Kier alpha value is -2.87. The fourth-order valence-corrected chi connectivity index (χ4v) is 2.67. The lowest BCUT2D eigenvalue weighted by atomic mass is 9.97. The highest BCUT2D eigenvalue weighted by Gasteiger charge is 2.33. The molecule has 0 aromatic heterocycles. The summed E-state index contributed by atoms with van der Waals surface area (Å²) in [5, 5.41) is 24.9. The van der Waals surface area contributed by atoms with Crippen molar-refractivity contribution >= 4 is 48.2 Å². The number of carboxylic acids is 2. The average molecular weight is 478 g/mol. The predicted molar refractivity (Wildman–Crippen MR) is 115 cm³/mol. The van der Waals surface area contributed by atoms with E-state index in [2.05, 4.69) is 28.6 Å². The van der Waals surface area contributed by atoms with Gasteiger partial charge in [0.1, 0.15) is 18.1 Å². The van der Waals surface area contributed by atoms with Crippen LogP contribution in [0.15, 0.2) is 0 Å². The zero-order valence-electron chi connectivity index (χ0n) is 17.9. The van der Waals surface area contributed by atoms with Crippen LogP contribution in [0.25, 0.3) is 0 Å². The summed E-state index contributed by atoms with van der Waals surface area (Å²) >= 11 is 3.90. The normalized spacial score (nSPS) is 15.4. The van der Waals surface area contributed by atoms with E-state index in [9.17, 15) is 28.8 Å². The molecular formula is C18H31N5O8S. The van der Waals surface area contributed by atoms with Gasteiger partial charge in [-0.05, 0) is 12.3 Å². The Morgan fingerprint density at radius 3 is 1.94 bits per heavy atom. The highest BCUT2D eigenvalue weighted by atomic mass is 32.1. The van der Waals surface area contributed by atoms with Crippen LogP contribution in [-0.4, -0.2) is 75.7 Å². The van der Waals surface area contributed by atoms with Gasteiger partial charge in [-0.25, -0.2) is 4.79 Å². The van der Waals surface area contributed by atoms with Crippen LogP contribution in [0.4, 0.5) is 0 Å². The third-order valence-electron chi connectivity index (χ3n) is 4.63. The molecule has 9 N–H and O–H groups in total. The first-order chi connectivity index (χ1) is 14.8. The Labute approximate surface area is 190 Å². The van der Waals surface area contributed by atoms with Crippen molar-refractivity contribution in [3.63, 3.8) is 0 Å². The summed E-state index contributed by atoms with van der Waals surface area (Å²) in [6.45, 7) is 3.34. The number of rotatable bonds is 15. The van der Waals surface area contributed by atoms with Crippen LogP contribution in [0.3, 0.4) is 0 Å². The maximum Gasteiger partial charge on any atom is 0.326 e. The largest absolute Gasteiger partial charge is 0.481 e. The summed E-state index contributed by atoms with van der Waals surface area (Å²) in [6, 6.07) is -5.23. The molecule has 0 heterocycles. The molecule has 13 nitrogen and oxygen atoms in total. The summed E-state index contributed by atoms with van der Waals surface area (Å²) in [7, 11) is 0. The molecule has 0 saturated heterocycles. The van der Waals surface area contributed by atoms with Gasteiger partial charge >= 0.3 is 11.9 Å². The third kappa shape index (κ3) is 10.4. The second kappa shape index (κ2) is 14.2. The van der Waals surface area contributed by atoms with Crippen LogP contribution in [-0.2, 0) is 28.8 Å². The highest BCUT2D eigenvalue weighted by Crippen LogP contribution is 2.10. The van der Waals surface area contributed by atoms with Crippen molar-refractivity contribution in [3.8, 4) is 0 Å². The Morgan fingerprint density at radius 2 is 1.50 bits per heavy atom. The quantitative estimate of drug-likeness (QED) is 0.117. The van der Waals surface area contributed by atoms with Crippen molar-refractivity contribution in [2.24, 2.45) is 17.4 Å². The van der Waals surface area contributed by atoms with Crippen molar-refractivity contribution in [1.82, 2.24) is 16.0 Å². The number of aliphatic carboxylic acids is 2. The molecule has 0 aromatic carbocycles. The minimum absolute atomic E-state index is 0.00591. The number of amides is 4. The summed E-state index contributed by atoms with van der Waals surface area (Å²) in [4.78, 5) is 70.8. The van der Waals surface area contributed by atoms with Crippen LogP contribution in [0.1, 0.15) is 39.5 Å². The smallest absolute Gasteiger partial charge is 0.326 e. The average Bonchev–Trinajstić information content (AvgIpc) is 2.71.